The van der Waals surface area contributed by atoms with Crippen molar-refractivity contribution in [3.8, 4) is 0 Å². The Labute approximate surface area is 113 Å². The molecule has 0 aliphatic carbocycles. The van der Waals surface area contributed by atoms with Crippen LogP contribution in [0.1, 0.15) is 32.7 Å². The van der Waals surface area contributed by atoms with Crippen molar-refractivity contribution < 1.29 is 4.79 Å². The van der Waals surface area contributed by atoms with Crippen LogP contribution < -0.4 is 5.32 Å². The third-order valence-corrected chi connectivity index (χ3v) is 3.07. The van der Waals surface area contributed by atoms with E-state index in [0.717, 1.165) is 22.5 Å². The second-order valence-corrected chi connectivity index (χ2v) is 4.91. The molecule has 0 fully saturated rings. The molecule has 1 heterocycles. The van der Waals surface area contributed by atoms with E-state index >= 15 is 0 Å². The fourth-order valence-corrected chi connectivity index (χ4v) is 2.25. The van der Waals surface area contributed by atoms with Crippen molar-refractivity contribution in [1.29, 1.82) is 0 Å². The molecular weight excluding hydrogens is 236 g/mol. The number of hydrogen-bond donors (Lipinski definition) is 1. The van der Waals surface area contributed by atoms with Crippen LogP contribution in [-0.2, 0) is 0 Å². The molecule has 1 aromatic heterocycles. The van der Waals surface area contributed by atoms with Crippen LogP contribution in [0.2, 0.25) is 0 Å². The van der Waals surface area contributed by atoms with Crippen molar-refractivity contribution in [2.45, 2.75) is 27.7 Å². The third-order valence-electron chi connectivity index (χ3n) is 3.07. The van der Waals surface area contributed by atoms with E-state index in [9.17, 15) is 4.79 Å². The molecule has 0 bridgehead atoms. The normalized spacial score (nSPS) is 10.3. The predicted octanol–water partition coefficient (Wildman–Crippen LogP) is 3.57. The maximum atomic E-state index is 12.2. The first-order valence-electron chi connectivity index (χ1n) is 6.29. The number of aryl methyl sites for hydroxylation is 4. The Morgan fingerprint density at radius 1 is 1.05 bits per heavy atom. The molecule has 1 aromatic carbocycles. The van der Waals surface area contributed by atoms with E-state index in [1.165, 1.54) is 5.56 Å². The molecule has 1 amide bonds. The lowest BCUT2D eigenvalue weighted by molar-refractivity contribution is 0.102. The molecule has 0 radical (unpaired) electrons. The molecule has 0 aliphatic rings. The van der Waals surface area contributed by atoms with Crippen LogP contribution >= 0.6 is 0 Å². The minimum Gasteiger partial charge on any atom is -0.322 e. The lowest BCUT2D eigenvalue weighted by Crippen LogP contribution is -2.14. The van der Waals surface area contributed by atoms with Crippen LogP contribution in [0.15, 0.2) is 30.5 Å². The van der Waals surface area contributed by atoms with Crippen LogP contribution in [-0.4, -0.2) is 10.9 Å². The fourth-order valence-electron chi connectivity index (χ4n) is 2.25. The van der Waals surface area contributed by atoms with Crippen molar-refractivity contribution in [1.82, 2.24) is 4.98 Å². The highest BCUT2D eigenvalue weighted by Crippen LogP contribution is 2.22. The topological polar surface area (TPSA) is 42.0 Å². The first-order valence-corrected chi connectivity index (χ1v) is 6.29. The first kappa shape index (κ1) is 13.3. The summed E-state index contributed by atoms with van der Waals surface area (Å²) >= 11 is 0. The number of carbonyl (C=O) groups excluding carboxylic acids is 1. The summed E-state index contributed by atoms with van der Waals surface area (Å²) in [6, 6.07) is 7.65. The van der Waals surface area contributed by atoms with Crippen LogP contribution in [0.5, 0.6) is 0 Å². The standard InChI is InChI=1S/C16H18N2O/c1-10-7-11(2)15(12(3)8-10)18-16(19)14-5-6-17-13(4)9-14/h5-9H,1-4H3,(H,18,19). The zero-order valence-electron chi connectivity index (χ0n) is 11.7. The van der Waals surface area contributed by atoms with Crippen LogP contribution in [0, 0.1) is 27.7 Å². The van der Waals surface area contributed by atoms with Gasteiger partial charge in [-0.1, -0.05) is 17.7 Å². The van der Waals surface area contributed by atoms with Gasteiger partial charge in [-0.15, -0.1) is 0 Å². The molecule has 3 heteroatoms. The monoisotopic (exact) mass is 254 g/mol. The minimum absolute atomic E-state index is 0.0967. The van der Waals surface area contributed by atoms with Crippen LogP contribution in [0.3, 0.4) is 0 Å². The summed E-state index contributed by atoms with van der Waals surface area (Å²) < 4.78 is 0. The zero-order valence-corrected chi connectivity index (χ0v) is 11.7. The van der Waals surface area contributed by atoms with Gasteiger partial charge in [-0.25, -0.2) is 0 Å². The zero-order chi connectivity index (χ0) is 14.0. The van der Waals surface area contributed by atoms with E-state index in [0.29, 0.717) is 5.56 Å². The van der Waals surface area contributed by atoms with E-state index in [2.05, 4.69) is 29.4 Å². The molecule has 2 aromatic rings. The molecule has 2 rings (SSSR count). The summed E-state index contributed by atoms with van der Waals surface area (Å²) in [5.41, 5.74) is 5.72. The van der Waals surface area contributed by atoms with Crippen LogP contribution in [0.4, 0.5) is 5.69 Å². The summed E-state index contributed by atoms with van der Waals surface area (Å²) in [4.78, 5) is 16.3. The van der Waals surface area contributed by atoms with Gasteiger partial charge in [0.05, 0.1) is 0 Å². The number of nitrogens with one attached hydrogen (secondary N) is 1. The number of aromatic nitrogens is 1. The van der Waals surface area contributed by atoms with Crippen molar-refractivity contribution >= 4 is 11.6 Å². The van der Waals surface area contributed by atoms with E-state index in [4.69, 9.17) is 0 Å². The molecule has 19 heavy (non-hydrogen) atoms. The Bertz CT molecular complexity index is 609. The number of anilines is 1. The molecule has 1 N–H and O–H groups in total. The molecule has 0 unspecified atom stereocenters. The summed E-state index contributed by atoms with van der Waals surface area (Å²) in [7, 11) is 0. The van der Waals surface area contributed by atoms with Crippen LogP contribution in [0.25, 0.3) is 0 Å². The lowest BCUT2D eigenvalue weighted by Gasteiger charge is -2.13. The Morgan fingerprint density at radius 3 is 2.26 bits per heavy atom. The summed E-state index contributed by atoms with van der Waals surface area (Å²) in [5.74, 6) is -0.0967. The molecule has 0 atom stereocenters. The highest BCUT2D eigenvalue weighted by Gasteiger charge is 2.10. The average molecular weight is 254 g/mol. The van der Waals surface area contributed by atoms with Crippen molar-refractivity contribution in [3.05, 3.63) is 58.4 Å². The molecular formula is C16H18N2O. The Kier molecular flexibility index (Phi) is 3.65. The Balaban J connectivity index is 2.29. The van der Waals surface area contributed by atoms with E-state index in [1.807, 2.05) is 20.8 Å². The fraction of sp³-hybridized carbons (Fsp3) is 0.250. The third kappa shape index (κ3) is 2.99. The number of nitrogens with zero attached hydrogens (tertiary/aromatic N) is 1. The maximum absolute atomic E-state index is 12.2. The van der Waals surface area contributed by atoms with Gasteiger partial charge in [0.1, 0.15) is 0 Å². The Morgan fingerprint density at radius 2 is 1.68 bits per heavy atom. The minimum atomic E-state index is -0.0967. The van der Waals surface area contributed by atoms with Crippen molar-refractivity contribution in [2.24, 2.45) is 0 Å². The van der Waals surface area contributed by atoms with Gasteiger partial charge in [0.2, 0.25) is 0 Å². The lowest BCUT2D eigenvalue weighted by atomic mass is 10.0. The van der Waals surface area contributed by atoms with E-state index in [1.54, 1.807) is 18.3 Å². The smallest absolute Gasteiger partial charge is 0.255 e. The van der Waals surface area contributed by atoms with Gasteiger partial charge >= 0.3 is 0 Å². The van der Waals surface area contributed by atoms with Gasteiger partial charge in [0.15, 0.2) is 0 Å². The quantitative estimate of drug-likeness (QED) is 0.890. The highest BCUT2D eigenvalue weighted by atomic mass is 16.1. The molecule has 0 saturated carbocycles. The molecule has 0 spiro atoms. The predicted molar refractivity (Wildman–Crippen MR) is 77.6 cm³/mol. The first-order chi connectivity index (χ1) is 8.97. The SMILES string of the molecule is Cc1cc(C)c(NC(=O)c2ccnc(C)c2)c(C)c1. The van der Waals surface area contributed by atoms with Gasteiger partial charge in [0.25, 0.3) is 5.91 Å². The Hall–Kier alpha value is -2.16. The molecule has 0 aliphatic heterocycles. The molecule has 0 saturated heterocycles. The second-order valence-electron chi connectivity index (χ2n) is 4.91. The van der Waals surface area contributed by atoms with Crippen molar-refractivity contribution in [2.75, 3.05) is 5.32 Å². The average Bonchev–Trinajstić information content (AvgIpc) is 2.33. The molecule has 98 valence electrons. The van der Waals surface area contributed by atoms with Gasteiger partial charge < -0.3 is 5.32 Å². The van der Waals surface area contributed by atoms with Crippen molar-refractivity contribution in [3.63, 3.8) is 0 Å². The number of rotatable bonds is 2. The van der Waals surface area contributed by atoms with E-state index < -0.39 is 0 Å². The second kappa shape index (κ2) is 5.22. The number of pyridine rings is 1. The number of hydrogen-bond acceptors (Lipinski definition) is 2. The molecule has 3 nitrogen and oxygen atoms in total. The maximum Gasteiger partial charge on any atom is 0.255 e. The van der Waals surface area contributed by atoms with E-state index in [-0.39, 0.29) is 5.91 Å². The van der Waals surface area contributed by atoms with Gasteiger partial charge in [-0.3, -0.25) is 9.78 Å². The number of amides is 1. The number of carbonyl (C=O) groups is 1. The summed E-state index contributed by atoms with van der Waals surface area (Å²) in [6.07, 6.45) is 1.65. The largest absolute Gasteiger partial charge is 0.322 e. The van der Waals surface area contributed by atoms with Gasteiger partial charge in [-0.2, -0.15) is 0 Å². The summed E-state index contributed by atoms with van der Waals surface area (Å²) in [6.45, 7) is 7.94. The highest BCUT2D eigenvalue weighted by molar-refractivity contribution is 6.05. The summed E-state index contributed by atoms with van der Waals surface area (Å²) in [5, 5.41) is 2.98. The number of benzene rings is 1. The van der Waals surface area contributed by atoms with Gasteiger partial charge in [0, 0.05) is 23.1 Å². The van der Waals surface area contributed by atoms with Gasteiger partial charge in [-0.05, 0) is 51.0 Å².